The molecule has 1 aliphatic heterocycles. The minimum absolute atomic E-state index is 0.00448. The first kappa shape index (κ1) is 15.1. The van der Waals surface area contributed by atoms with Gasteiger partial charge in [-0.2, -0.15) is 0 Å². The number of hydrogen-bond donors (Lipinski definition) is 1. The van der Waals surface area contributed by atoms with E-state index in [0.717, 1.165) is 6.42 Å². The molecule has 1 saturated carbocycles. The van der Waals surface area contributed by atoms with Crippen molar-refractivity contribution in [3.63, 3.8) is 0 Å². The maximum absolute atomic E-state index is 12.6. The Morgan fingerprint density at radius 2 is 1.95 bits per heavy atom. The summed E-state index contributed by atoms with van der Waals surface area (Å²) in [4.78, 5) is 25.5. The molecule has 2 aliphatic rings. The van der Waals surface area contributed by atoms with E-state index in [2.05, 4.69) is 33.8 Å². The van der Waals surface area contributed by atoms with Crippen LogP contribution in [0.3, 0.4) is 0 Å². The van der Waals surface area contributed by atoms with E-state index in [4.69, 9.17) is 5.11 Å². The number of nitrogens with zero attached hydrogens (tertiary/aromatic N) is 1. The van der Waals surface area contributed by atoms with Gasteiger partial charge in [0.25, 0.3) is 0 Å². The SMILES string of the molecule is CC(C)=CC1C(C(=O)N2CCCC(C(=O)O)C2)C1(C)C. The van der Waals surface area contributed by atoms with Gasteiger partial charge in [-0.15, -0.1) is 0 Å². The van der Waals surface area contributed by atoms with Gasteiger partial charge >= 0.3 is 5.97 Å². The summed E-state index contributed by atoms with van der Waals surface area (Å²) in [6.45, 7) is 9.43. The van der Waals surface area contributed by atoms with E-state index < -0.39 is 11.9 Å². The van der Waals surface area contributed by atoms with Crippen LogP contribution in [0.5, 0.6) is 0 Å². The second kappa shape index (κ2) is 5.23. The molecule has 112 valence electrons. The van der Waals surface area contributed by atoms with Crippen LogP contribution in [0, 0.1) is 23.2 Å². The van der Waals surface area contributed by atoms with Gasteiger partial charge < -0.3 is 10.0 Å². The zero-order chi connectivity index (χ0) is 15.1. The Hall–Kier alpha value is -1.32. The fraction of sp³-hybridized carbons (Fsp3) is 0.750. The monoisotopic (exact) mass is 279 g/mol. The van der Waals surface area contributed by atoms with Crippen molar-refractivity contribution in [1.82, 2.24) is 4.90 Å². The summed E-state index contributed by atoms with van der Waals surface area (Å²) in [7, 11) is 0. The molecule has 4 nitrogen and oxygen atoms in total. The zero-order valence-electron chi connectivity index (χ0n) is 12.8. The molecule has 0 spiro atoms. The highest BCUT2D eigenvalue weighted by molar-refractivity contribution is 5.84. The van der Waals surface area contributed by atoms with E-state index >= 15 is 0 Å². The third-order valence-electron chi connectivity index (χ3n) is 4.77. The fourth-order valence-corrected chi connectivity index (χ4v) is 3.40. The number of amides is 1. The number of carbonyl (C=O) groups is 2. The van der Waals surface area contributed by atoms with Gasteiger partial charge in [-0.05, 0) is 38.0 Å². The zero-order valence-corrected chi connectivity index (χ0v) is 12.8. The van der Waals surface area contributed by atoms with Crippen molar-refractivity contribution in [2.45, 2.75) is 40.5 Å². The van der Waals surface area contributed by atoms with Crippen LogP contribution in [0.15, 0.2) is 11.6 Å². The average molecular weight is 279 g/mol. The molecule has 3 unspecified atom stereocenters. The Bertz CT molecular complexity index is 449. The largest absolute Gasteiger partial charge is 0.481 e. The third-order valence-corrected chi connectivity index (χ3v) is 4.77. The molecule has 4 heteroatoms. The maximum Gasteiger partial charge on any atom is 0.308 e. The number of carboxylic acids is 1. The molecule has 20 heavy (non-hydrogen) atoms. The van der Waals surface area contributed by atoms with Crippen LogP contribution in [-0.4, -0.2) is 35.0 Å². The Kier molecular flexibility index (Phi) is 3.94. The van der Waals surface area contributed by atoms with E-state index in [1.165, 1.54) is 5.57 Å². The number of hydrogen-bond acceptors (Lipinski definition) is 2. The molecule has 2 fully saturated rings. The third kappa shape index (κ3) is 2.74. The molecule has 2 rings (SSSR count). The molecule has 0 aromatic heterocycles. The first-order valence-electron chi connectivity index (χ1n) is 7.41. The molecule has 1 aliphatic carbocycles. The van der Waals surface area contributed by atoms with Crippen molar-refractivity contribution in [3.05, 3.63) is 11.6 Å². The quantitative estimate of drug-likeness (QED) is 0.808. The molecule has 1 N–H and O–H groups in total. The van der Waals surface area contributed by atoms with Crippen LogP contribution in [0.25, 0.3) is 0 Å². The van der Waals surface area contributed by atoms with Gasteiger partial charge in [-0.25, -0.2) is 0 Å². The first-order chi connectivity index (χ1) is 9.25. The lowest BCUT2D eigenvalue weighted by Gasteiger charge is -2.31. The summed E-state index contributed by atoms with van der Waals surface area (Å²) in [5.41, 5.74) is 1.24. The lowest BCUT2D eigenvalue weighted by atomic mass is 9.97. The van der Waals surface area contributed by atoms with Crippen molar-refractivity contribution < 1.29 is 14.7 Å². The average Bonchev–Trinajstić information content (AvgIpc) is 2.89. The lowest BCUT2D eigenvalue weighted by Crippen LogP contribution is -2.43. The number of carbonyl (C=O) groups excluding carboxylic acids is 1. The smallest absolute Gasteiger partial charge is 0.308 e. The normalized spacial score (nSPS) is 31.6. The van der Waals surface area contributed by atoms with E-state index in [1.807, 2.05) is 0 Å². The standard InChI is InChI=1S/C16H25NO3/c1-10(2)8-12-13(16(12,3)4)14(18)17-7-5-6-11(9-17)15(19)20/h8,11-13H,5-7,9H2,1-4H3,(H,19,20). The highest BCUT2D eigenvalue weighted by atomic mass is 16.4. The first-order valence-corrected chi connectivity index (χ1v) is 7.41. The second-order valence-corrected chi connectivity index (χ2v) is 7.03. The molecule has 0 aromatic rings. The molecular weight excluding hydrogens is 254 g/mol. The summed E-state index contributed by atoms with van der Waals surface area (Å²) >= 11 is 0. The van der Waals surface area contributed by atoms with E-state index in [-0.39, 0.29) is 17.2 Å². The summed E-state index contributed by atoms with van der Waals surface area (Å²) in [6, 6.07) is 0. The van der Waals surface area contributed by atoms with E-state index in [0.29, 0.717) is 25.4 Å². The van der Waals surface area contributed by atoms with Crippen LogP contribution in [0.2, 0.25) is 0 Å². The predicted octanol–water partition coefficient (Wildman–Crippen LogP) is 2.55. The van der Waals surface area contributed by atoms with Crippen LogP contribution in [0.1, 0.15) is 40.5 Å². The molecule has 0 aromatic carbocycles. The highest BCUT2D eigenvalue weighted by Crippen LogP contribution is 2.60. The van der Waals surface area contributed by atoms with Gasteiger partial charge in [0, 0.05) is 13.1 Å². The second-order valence-electron chi connectivity index (χ2n) is 7.03. The van der Waals surface area contributed by atoms with Gasteiger partial charge in [-0.1, -0.05) is 25.5 Å². The molecule has 0 radical (unpaired) electrons. The molecule has 1 amide bonds. The minimum atomic E-state index is -0.779. The number of carboxylic acid groups (broad SMARTS) is 1. The number of rotatable bonds is 3. The minimum Gasteiger partial charge on any atom is -0.481 e. The van der Waals surface area contributed by atoms with Crippen molar-refractivity contribution in [2.75, 3.05) is 13.1 Å². The number of piperidine rings is 1. The molecule has 1 saturated heterocycles. The summed E-state index contributed by atoms with van der Waals surface area (Å²) in [5, 5.41) is 9.12. The van der Waals surface area contributed by atoms with E-state index in [9.17, 15) is 9.59 Å². The maximum atomic E-state index is 12.6. The Morgan fingerprint density at radius 3 is 2.50 bits per heavy atom. The number of allylic oxidation sites excluding steroid dienone is 2. The number of likely N-dealkylation sites (tertiary alicyclic amines) is 1. The van der Waals surface area contributed by atoms with E-state index in [1.54, 1.807) is 4.90 Å². The number of aliphatic carboxylic acids is 1. The predicted molar refractivity (Wildman–Crippen MR) is 77.1 cm³/mol. The van der Waals surface area contributed by atoms with Crippen molar-refractivity contribution in [1.29, 1.82) is 0 Å². The topological polar surface area (TPSA) is 57.6 Å². The van der Waals surface area contributed by atoms with Crippen LogP contribution in [-0.2, 0) is 9.59 Å². The van der Waals surface area contributed by atoms with Crippen molar-refractivity contribution in [3.8, 4) is 0 Å². The summed E-state index contributed by atoms with van der Waals surface area (Å²) in [6.07, 6.45) is 3.66. The van der Waals surface area contributed by atoms with Gasteiger partial charge in [0.1, 0.15) is 0 Å². The molecule has 3 atom stereocenters. The Labute approximate surface area is 120 Å². The van der Waals surface area contributed by atoms with Crippen LogP contribution in [0.4, 0.5) is 0 Å². The fourth-order valence-electron chi connectivity index (χ4n) is 3.40. The van der Waals surface area contributed by atoms with Crippen molar-refractivity contribution >= 4 is 11.9 Å². The van der Waals surface area contributed by atoms with Gasteiger partial charge in [0.05, 0.1) is 11.8 Å². The van der Waals surface area contributed by atoms with Crippen LogP contribution < -0.4 is 0 Å². The van der Waals surface area contributed by atoms with Gasteiger partial charge in [0.2, 0.25) is 5.91 Å². The Balaban J connectivity index is 2.05. The lowest BCUT2D eigenvalue weighted by molar-refractivity contribution is -0.146. The summed E-state index contributed by atoms with van der Waals surface area (Å²) < 4.78 is 0. The summed E-state index contributed by atoms with van der Waals surface area (Å²) in [5.74, 6) is -0.714. The van der Waals surface area contributed by atoms with Gasteiger partial charge in [0.15, 0.2) is 0 Å². The van der Waals surface area contributed by atoms with Crippen molar-refractivity contribution in [2.24, 2.45) is 23.2 Å². The van der Waals surface area contributed by atoms with Gasteiger partial charge in [-0.3, -0.25) is 9.59 Å². The van der Waals surface area contributed by atoms with Crippen LogP contribution >= 0.6 is 0 Å². The molecule has 1 heterocycles. The molecular formula is C16H25NO3. The molecule has 0 bridgehead atoms. The Morgan fingerprint density at radius 1 is 1.30 bits per heavy atom. The highest BCUT2D eigenvalue weighted by Gasteiger charge is 2.61.